The van der Waals surface area contributed by atoms with E-state index in [0.29, 0.717) is 40.9 Å². The predicted octanol–water partition coefficient (Wildman–Crippen LogP) is 5.50. The van der Waals surface area contributed by atoms with Gasteiger partial charge in [0.15, 0.2) is 17.1 Å². The number of ether oxygens (including phenoxy) is 4. The van der Waals surface area contributed by atoms with Crippen molar-refractivity contribution in [3.8, 4) is 45.6 Å². The number of methoxy groups -OCH3 is 3. The fourth-order valence-corrected chi connectivity index (χ4v) is 3.41. The van der Waals surface area contributed by atoms with Gasteiger partial charge in [-0.3, -0.25) is 4.79 Å². The molecule has 0 unspecified atom stereocenters. The van der Waals surface area contributed by atoms with Gasteiger partial charge >= 0.3 is 5.97 Å². The SMILES string of the molecule is CCC(=O)Oc1ccc(-c2nc3ccc(-c4ccc(OC)c(OC)c4OC)cc3o2)cc1. The number of carbonyl (C=O) groups is 1. The number of rotatable bonds is 7. The van der Waals surface area contributed by atoms with Crippen LogP contribution in [0.2, 0.25) is 0 Å². The number of fused-ring (bicyclic) bond motifs is 1. The molecular formula is C25H23NO6. The molecule has 0 atom stereocenters. The summed E-state index contributed by atoms with van der Waals surface area (Å²) >= 11 is 0. The summed E-state index contributed by atoms with van der Waals surface area (Å²) in [5, 5.41) is 0. The zero-order valence-corrected chi connectivity index (χ0v) is 18.3. The van der Waals surface area contributed by atoms with Crippen molar-refractivity contribution in [1.29, 1.82) is 0 Å². The van der Waals surface area contributed by atoms with Crippen LogP contribution in [0.15, 0.2) is 59.0 Å². The van der Waals surface area contributed by atoms with E-state index in [9.17, 15) is 4.79 Å². The van der Waals surface area contributed by atoms with Gasteiger partial charge in [0.25, 0.3) is 0 Å². The average Bonchev–Trinajstić information content (AvgIpc) is 3.26. The average molecular weight is 433 g/mol. The lowest BCUT2D eigenvalue weighted by Gasteiger charge is -2.15. The van der Waals surface area contributed by atoms with Gasteiger partial charge in [-0.2, -0.15) is 0 Å². The summed E-state index contributed by atoms with van der Waals surface area (Å²) in [4.78, 5) is 16.0. The second-order valence-electron chi connectivity index (χ2n) is 6.94. The zero-order valence-electron chi connectivity index (χ0n) is 18.3. The van der Waals surface area contributed by atoms with Crippen molar-refractivity contribution in [3.05, 3.63) is 54.6 Å². The molecule has 0 saturated carbocycles. The Kier molecular flexibility index (Phi) is 5.98. The van der Waals surface area contributed by atoms with Crippen molar-refractivity contribution < 1.29 is 28.2 Å². The summed E-state index contributed by atoms with van der Waals surface area (Å²) in [6.07, 6.45) is 0.320. The normalized spacial score (nSPS) is 10.8. The van der Waals surface area contributed by atoms with Crippen LogP contribution in [0.1, 0.15) is 13.3 Å². The van der Waals surface area contributed by atoms with Gasteiger partial charge in [0.2, 0.25) is 11.6 Å². The van der Waals surface area contributed by atoms with Crippen LogP contribution in [-0.2, 0) is 4.79 Å². The Bertz CT molecular complexity index is 1260. The third-order valence-electron chi connectivity index (χ3n) is 5.03. The Morgan fingerprint density at radius 1 is 0.875 bits per heavy atom. The molecule has 7 heteroatoms. The highest BCUT2D eigenvalue weighted by molar-refractivity contribution is 5.85. The van der Waals surface area contributed by atoms with Gasteiger partial charge in [-0.25, -0.2) is 4.98 Å². The highest BCUT2D eigenvalue weighted by atomic mass is 16.5. The molecule has 4 rings (SSSR count). The summed E-state index contributed by atoms with van der Waals surface area (Å²) in [5.74, 6) is 2.36. The lowest BCUT2D eigenvalue weighted by Crippen LogP contribution is -2.05. The summed E-state index contributed by atoms with van der Waals surface area (Å²) < 4.78 is 27.7. The van der Waals surface area contributed by atoms with E-state index in [1.165, 1.54) is 0 Å². The summed E-state index contributed by atoms with van der Waals surface area (Å²) in [6.45, 7) is 1.75. The van der Waals surface area contributed by atoms with Crippen LogP contribution in [-0.4, -0.2) is 32.3 Å². The molecule has 0 N–H and O–H groups in total. The van der Waals surface area contributed by atoms with Crippen LogP contribution in [0.3, 0.4) is 0 Å². The quantitative estimate of drug-likeness (QED) is 0.281. The van der Waals surface area contributed by atoms with Gasteiger partial charge in [0.1, 0.15) is 11.3 Å². The van der Waals surface area contributed by atoms with E-state index < -0.39 is 0 Å². The van der Waals surface area contributed by atoms with Crippen molar-refractivity contribution in [2.75, 3.05) is 21.3 Å². The van der Waals surface area contributed by atoms with E-state index in [4.69, 9.17) is 23.4 Å². The number of hydrogen-bond donors (Lipinski definition) is 0. The van der Waals surface area contributed by atoms with Crippen molar-refractivity contribution >= 4 is 17.1 Å². The van der Waals surface area contributed by atoms with Crippen LogP contribution in [0.5, 0.6) is 23.0 Å². The molecule has 4 aromatic rings. The first-order valence-electron chi connectivity index (χ1n) is 10.1. The lowest BCUT2D eigenvalue weighted by molar-refractivity contribution is -0.134. The number of aromatic nitrogens is 1. The van der Waals surface area contributed by atoms with E-state index in [1.807, 2.05) is 30.3 Å². The number of esters is 1. The molecule has 1 heterocycles. The third kappa shape index (κ3) is 3.97. The molecule has 7 nitrogen and oxygen atoms in total. The van der Waals surface area contributed by atoms with Crippen molar-refractivity contribution in [1.82, 2.24) is 4.98 Å². The zero-order chi connectivity index (χ0) is 22.7. The molecule has 0 aliphatic carbocycles. The molecule has 0 aliphatic heterocycles. The standard InChI is InChI=1S/C25H23NO6/c1-5-22(27)31-17-9-6-15(7-10-17)25-26-19-12-8-16(14-21(19)32-25)18-11-13-20(28-2)24(30-4)23(18)29-3/h6-14H,5H2,1-4H3. The summed E-state index contributed by atoms with van der Waals surface area (Å²) in [5.41, 5.74) is 3.87. The van der Waals surface area contributed by atoms with Gasteiger partial charge in [0, 0.05) is 17.5 Å². The minimum Gasteiger partial charge on any atom is -0.493 e. The van der Waals surface area contributed by atoms with E-state index in [-0.39, 0.29) is 5.97 Å². The summed E-state index contributed by atoms with van der Waals surface area (Å²) in [6, 6.07) is 16.6. The Balaban J connectivity index is 1.69. The molecule has 0 radical (unpaired) electrons. The lowest BCUT2D eigenvalue weighted by atomic mass is 10.0. The maximum atomic E-state index is 11.4. The predicted molar refractivity (Wildman–Crippen MR) is 120 cm³/mol. The minimum atomic E-state index is -0.280. The molecule has 0 saturated heterocycles. The molecule has 0 spiro atoms. The first kappa shape index (κ1) is 21.2. The number of carbonyl (C=O) groups excluding carboxylic acids is 1. The molecular weight excluding hydrogens is 410 g/mol. The molecule has 1 aromatic heterocycles. The van der Waals surface area contributed by atoms with Crippen LogP contribution >= 0.6 is 0 Å². The molecule has 32 heavy (non-hydrogen) atoms. The second kappa shape index (κ2) is 9.01. The molecule has 0 aliphatic rings. The Morgan fingerprint density at radius 3 is 2.25 bits per heavy atom. The molecule has 0 amide bonds. The fourth-order valence-electron chi connectivity index (χ4n) is 3.41. The van der Waals surface area contributed by atoms with Crippen molar-refractivity contribution in [3.63, 3.8) is 0 Å². The first-order valence-corrected chi connectivity index (χ1v) is 10.1. The molecule has 0 bridgehead atoms. The highest BCUT2D eigenvalue weighted by Crippen LogP contribution is 2.44. The number of oxazole rings is 1. The Morgan fingerprint density at radius 2 is 1.59 bits per heavy atom. The van der Waals surface area contributed by atoms with E-state index in [1.54, 1.807) is 52.5 Å². The van der Waals surface area contributed by atoms with Gasteiger partial charge in [-0.05, 0) is 54.1 Å². The van der Waals surface area contributed by atoms with Gasteiger partial charge in [0.05, 0.1) is 21.3 Å². The van der Waals surface area contributed by atoms with Crippen LogP contribution in [0, 0.1) is 0 Å². The molecule has 3 aromatic carbocycles. The number of nitrogens with zero attached hydrogens (tertiary/aromatic N) is 1. The van der Waals surface area contributed by atoms with Gasteiger partial charge in [-0.1, -0.05) is 13.0 Å². The number of benzene rings is 3. The van der Waals surface area contributed by atoms with Gasteiger partial charge in [-0.15, -0.1) is 0 Å². The van der Waals surface area contributed by atoms with E-state index in [2.05, 4.69) is 4.98 Å². The van der Waals surface area contributed by atoms with Gasteiger partial charge < -0.3 is 23.4 Å². The van der Waals surface area contributed by atoms with Crippen LogP contribution in [0.4, 0.5) is 0 Å². The third-order valence-corrected chi connectivity index (χ3v) is 5.03. The first-order chi connectivity index (χ1) is 15.6. The fraction of sp³-hybridized carbons (Fsp3) is 0.200. The van der Waals surface area contributed by atoms with Crippen LogP contribution in [0.25, 0.3) is 33.7 Å². The minimum absolute atomic E-state index is 0.280. The topological polar surface area (TPSA) is 80.0 Å². The molecule has 0 fully saturated rings. The number of hydrogen-bond acceptors (Lipinski definition) is 7. The summed E-state index contributed by atoms with van der Waals surface area (Å²) in [7, 11) is 4.75. The smallest absolute Gasteiger partial charge is 0.310 e. The largest absolute Gasteiger partial charge is 0.493 e. The molecule has 164 valence electrons. The monoisotopic (exact) mass is 433 g/mol. The van der Waals surface area contributed by atoms with Crippen molar-refractivity contribution in [2.24, 2.45) is 0 Å². The Hall–Kier alpha value is -4.00. The van der Waals surface area contributed by atoms with E-state index >= 15 is 0 Å². The second-order valence-corrected chi connectivity index (χ2v) is 6.94. The maximum absolute atomic E-state index is 11.4. The van der Waals surface area contributed by atoms with Crippen molar-refractivity contribution in [2.45, 2.75) is 13.3 Å². The van der Waals surface area contributed by atoms with Crippen LogP contribution < -0.4 is 18.9 Å². The highest BCUT2D eigenvalue weighted by Gasteiger charge is 2.18. The Labute approximate surface area is 185 Å². The van der Waals surface area contributed by atoms with E-state index in [0.717, 1.165) is 22.2 Å². The maximum Gasteiger partial charge on any atom is 0.310 e.